The van der Waals surface area contributed by atoms with Gasteiger partial charge in [-0.2, -0.15) is 0 Å². The lowest BCUT2D eigenvalue weighted by Crippen LogP contribution is -1.92. The largest absolute Gasteiger partial charge is 0.496 e. The Labute approximate surface area is 111 Å². The molecule has 1 aliphatic rings. The van der Waals surface area contributed by atoms with Crippen molar-refractivity contribution in [3.8, 4) is 22.6 Å². The zero-order chi connectivity index (χ0) is 13.4. The van der Waals surface area contributed by atoms with Gasteiger partial charge >= 0.3 is 0 Å². The number of hydrogen-bond acceptors (Lipinski definition) is 2. The van der Waals surface area contributed by atoms with Gasteiger partial charge in [-0.3, -0.25) is 0 Å². The van der Waals surface area contributed by atoms with Gasteiger partial charge in [-0.1, -0.05) is 11.6 Å². The molecule has 0 saturated carbocycles. The van der Waals surface area contributed by atoms with Crippen LogP contribution in [0.2, 0.25) is 0 Å². The molecule has 19 heavy (non-hydrogen) atoms. The van der Waals surface area contributed by atoms with E-state index >= 15 is 0 Å². The van der Waals surface area contributed by atoms with Crippen LogP contribution in [0.25, 0.3) is 11.1 Å². The fourth-order valence-electron chi connectivity index (χ4n) is 2.39. The molecule has 0 bridgehead atoms. The molecule has 1 heterocycles. The van der Waals surface area contributed by atoms with Gasteiger partial charge in [0.05, 0.1) is 7.11 Å². The summed E-state index contributed by atoms with van der Waals surface area (Å²) in [5.41, 5.74) is 3.56. The van der Waals surface area contributed by atoms with E-state index in [1.807, 2.05) is 25.1 Å². The molecule has 2 aromatic carbocycles. The molecule has 0 N–H and O–H groups in total. The first-order valence-corrected chi connectivity index (χ1v) is 6.15. The van der Waals surface area contributed by atoms with Crippen LogP contribution in [0.5, 0.6) is 11.5 Å². The molecule has 0 unspecified atom stereocenters. The van der Waals surface area contributed by atoms with Crippen molar-refractivity contribution in [2.45, 2.75) is 13.3 Å². The molecule has 2 nitrogen and oxygen atoms in total. The Hall–Kier alpha value is -2.03. The zero-order valence-electron chi connectivity index (χ0n) is 10.9. The number of fused-ring (bicyclic) bond motifs is 1. The third-order valence-corrected chi connectivity index (χ3v) is 3.28. The molecule has 97 valence electrons. The number of methoxy groups -OCH3 is 1. The van der Waals surface area contributed by atoms with Crippen molar-refractivity contribution < 1.29 is 13.9 Å². The van der Waals surface area contributed by atoms with Crippen molar-refractivity contribution in [2.75, 3.05) is 7.11 Å². The van der Waals surface area contributed by atoms with E-state index in [1.54, 1.807) is 13.7 Å². The molecule has 3 heteroatoms. The fraction of sp³-hybridized carbons (Fsp3) is 0.188. The molecular weight excluding hydrogens is 243 g/mol. The summed E-state index contributed by atoms with van der Waals surface area (Å²) in [4.78, 5) is 0. The van der Waals surface area contributed by atoms with Crippen LogP contribution in [-0.4, -0.2) is 7.11 Å². The molecule has 0 aliphatic carbocycles. The maximum Gasteiger partial charge on any atom is 0.140 e. The van der Waals surface area contributed by atoms with E-state index < -0.39 is 0 Å². The van der Waals surface area contributed by atoms with E-state index in [2.05, 4.69) is 0 Å². The van der Waals surface area contributed by atoms with Crippen LogP contribution in [0.15, 0.2) is 30.3 Å². The summed E-state index contributed by atoms with van der Waals surface area (Å²) >= 11 is 0. The fourth-order valence-corrected chi connectivity index (χ4v) is 2.39. The topological polar surface area (TPSA) is 18.5 Å². The monoisotopic (exact) mass is 257 g/mol. The summed E-state index contributed by atoms with van der Waals surface area (Å²) in [5.74, 6) is 1.19. The molecule has 2 aromatic rings. The number of ether oxygens (including phenoxy) is 2. The van der Waals surface area contributed by atoms with Crippen molar-refractivity contribution >= 4 is 0 Å². The highest BCUT2D eigenvalue weighted by molar-refractivity contribution is 5.78. The summed E-state index contributed by atoms with van der Waals surface area (Å²) in [7, 11) is 1.61. The molecule has 1 aliphatic heterocycles. The Morgan fingerprint density at radius 2 is 2.00 bits per heavy atom. The molecular formula is C16H14FO2. The molecule has 3 rings (SSSR count). The second-order valence-corrected chi connectivity index (χ2v) is 4.63. The summed E-state index contributed by atoms with van der Waals surface area (Å²) in [5, 5.41) is 0. The second-order valence-electron chi connectivity index (χ2n) is 4.63. The predicted molar refractivity (Wildman–Crippen MR) is 71.8 cm³/mol. The highest BCUT2D eigenvalue weighted by Gasteiger charge is 2.21. The Kier molecular flexibility index (Phi) is 2.90. The summed E-state index contributed by atoms with van der Waals surface area (Å²) in [6, 6.07) is 8.85. The Bertz CT molecular complexity index is 635. The zero-order valence-corrected chi connectivity index (χ0v) is 10.9. The average Bonchev–Trinajstić information content (AvgIpc) is 2.85. The number of halogens is 1. The lowest BCUT2D eigenvalue weighted by molar-refractivity contribution is 0.414. The minimum absolute atomic E-state index is 0.254. The third-order valence-electron chi connectivity index (χ3n) is 3.28. The number of benzene rings is 2. The SMILES string of the molecule is COc1ccc(C)cc1-c1cc(F)cc2c1O[CH]C2. The van der Waals surface area contributed by atoms with Gasteiger partial charge < -0.3 is 9.47 Å². The molecule has 0 fully saturated rings. The van der Waals surface area contributed by atoms with Gasteiger partial charge in [-0.15, -0.1) is 0 Å². The van der Waals surface area contributed by atoms with Crippen molar-refractivity contribution in [1.82, 2.24) is 0 Å². The van der Waals surface area contributed by atoms with Crippen LogP contribution in [0.3, 0.4) is 0 Å². The second kappa shape index (κ2) is 4.57. The van der Waals surface area contributed by atoms with Crippen molar-refractivity contribution in [3.63, 3.8) is 0 Å². The van der Waals surface area contributed by atoms with E-state index in [0.29, 0.717) is 12.2 Å². The standard InChI is InChI=1S/C16H14FO2/c1-10-3-4-15(18-2)13(7-10)14-9-12(17)8-11-5-6-19-16(11)14/h3-4,6-9H,5H2,1-2H3. The van der Waals surface area contributed by atoms with Gasteiger partial charge in [0.15, 0.2) is 0 Å². The first-order chi connectivity index (χ1) is 9.19. The molecule has 1 radical (unpaired) electrons. The molecule has 0 atom stereocenters. The number of aryl methyl sites for hydroxylation is 1. The summed E-state index contributed by atoms with van der Waals surface area (Å²) in [6.45, 7) is 3.69. The van der Waals surface area contributed by atoms with Crippen molar-refractivity contribution in [2.24, 2.45) is 0 Å². The highest BCUT2D eigenvalue weighted by Crippen LogP contribution is 2.42. The minimum atomic E-state index is -0.254. The highest BCUT2D eigenvalue weighted by atomic mass is 19.1. The van der Waals surface area contributed by atoms with Gasteiger partial charge in [0, 0.05) is 23.1 Å². The smallest absolute Gasteiger partial charge is 0.140 e. The first-order valence-electron chi connectivity index (χ1n) is 6.15. The van der Waals surface area contributed by atoms with Gasteiger partial charge in [0.2, 0.25) is 0 Å². The molecule has 0 spiro atoms. The predicted octanol–water partition coefficient (Wildman–Crippen LogP) is 3.91. The van der Waals surface area contributed by atoms with Crippen LogP contribution >= 0.6 is 0 Å². The Morgan fingerprint density at radius 1 is 1.16 bits per heavy atom. The average molecular weight is 257 g/mol. The van der Waals surface area contributed by atoms with Crippen molar-refractivity contribution in [3.05, 3.63) is 53.9 Å². The van der Waals surface area contributed by atoms with Gasteiger partial charge in [-0.05, 0) is 31.2 Å². The van der Waals surface area contributed by atoms with E-state index in [-0.39, 0.29) is 5.82 Å². The molecule has 0 saturated heterocycles. The maximum atomic E-state index is 13.7. The number of rotatable bonds is 2. The van der Waals surface area contributed by atoms with Gasteiger partial charge in [-0.25, -0.2) is 4.39 Å². The van der Waals surface area contributed by atoms with Gasteiger partial charge in [0.25, 0.3) is 0 Å². The minimum Gasteiger partial charge on any atom is -0.496 e. The number of hydrogen-bond donors (Lipinski definition) is 0. The Balaban J connectivity index is 2.25. The van der Waals surface area contributed by atoms with Gasteiger partial charge in [0.1, 0.15) is 23.9 Å². The molecule has 0 amide bonds. The third kappa shape index (κ3) is 2.05. The quantitative estimate of drug-likeness (QED) is 0.812. The lowest BCUT2D eigenvalue weighted by Gasteiger charge is -2.13. The van der Waals surface area contributed by atoms with Crippen LogP contribution < -0.4 is 9.47 Å². The molecule has 0 aromatic heterocycles. The van der Waals surface area contributed by atoms with Crippen molar-refractivity contribution in [1.29, 1.82) is 0 Å². The first kappa shape index (κ1) is 12.0. The van der Waals surface area contributed by atoms with E-state index in [4.69, 9.17) is 9.47 Å². The normalized spacial score (nSPS) is 13.0. The van der Waals surface area contributed by atoms with Crippen LogP contribution in [0, 0.1) is 19.3 Å². The summed E-state index contributed by atoms with van der Waals surface area (Å²) in [6.07, 6.45) is 0.633. The van der Waals surface area contributed by atoms with E-state index in [9.17, 15) is 4.39 Å². The van der Waals surface area contributed by atoms with Crippen LogP contribution in [-0.2, 0) is 6.42 Å². The Morgan fingerprint density at radius 3 is 2.79 bits per heavy atom. The van der Waals surface area contributed by atoms with E-state index in [0.717, 1.165) is 28.0 Å². The van der Waals surface area contributed by atoms with Crippen LogP contribution in [0.1, 0.15) is 11.1 Å². The van der Waals surface area contributed by atoms with Crippen LogP contribution in [0.4, 0.5) is 4.39 Å². The van der Waals surface area contributed by atoms with E-state index in [1.165, 1.54) is 12.1 Å². The summed E-state index contributed by atoms with van der Waals surface area (Å²) < 4.78 is 24.6. The lowest BCUT2D eigenvalue weighted by atomic mass is 9.98. The maximum absolute atomic E-state index is 13.7.